The van der Waals surface area contributed by atoms with Crippen LogP contribution in [0.2, 0.25) is 0 Å². The van der Waals surface area contributed by atoms with Crippen LogP contribution in [0.4, 0.5) is 8.63 Å². The van der Waals surface area contributed by atoms with Gasteiger partial charge < -0.3 is 0 Å². The number of rotatable bonds is 2. The molecule has 28 valence electrons. The molecule has 0 fully saturated rings. The van der Waals surface area contributed by atoms with E-state index >= 15 is 0 Å². The molecule has 0 spiro atoms. The number of hydrogen-bond donors (Lipinski definition) is 0. The first-order chi connectivity index (χ1) is 3.13. The molecule has 0 aliphatic rings. The monoisotopic (exact) mass is 90.0 g/mol. The van der Waals surface area contributed by atoms with Gasteiger partial charge in [0.2, 0.25) is 0 Å². The first-order valence-corrected chi connectivity index (χ1v) is 2.06. The molecule has 0 saturated heterocycles. The predicted molar refractivity (Wildman–Crippen MR) is 26.3 cm³/mol. The van der Waals surface area contributed by atoms with Crippen LogP contribution in [0.1, 0.15) is 0 Å². The van der Waals surface area contributed by atoms with Crippen LogP contribution in [-0.4, -0.2) is 46.6 Å². The quantitative estimate of drug-likeness (QED) is 0.405. The summed E-state index contributed by atoms with van der Waals surface area (Å²) in [5, 5.41) is 0. The van der Waals surface area contributed by atoms with Crippen LogP contribution in [0.5, 0.6) is 0 Å². The molecular formula is B2F2Li2O. The fraction of sp³-hybridized carbons (Fsp3) is 0. The van der Waals surface area contributed by atoms with E-state index in [0.29, 0.717) is 0 Å². The molecule has 0 aliphatic carbocycles. The van der Waals surface area contributed by atoms with Crippen LogP contribution in [-0.2, 0) is 4.57 Å². The van der Waals surface area contributed by atoms with Gasteiger partial charge in [-0.05, 0) is 0 Å². The average molecular weight is 89.5 g/mol. The number of halogens is 2. The molecule has 0 aromatic carbocycles. The Balaban J connectivity index is 2.95. The Hall–Kier alpha value is 1.14. The van der Waals surface area contributed by atoms with Crippen LogP contribution in [0, 0.1) is 0 Å². The summed E-state index contributed by atoms with van der Waals surface area (Å²) in [5.74, 6) is -3.00. The minimum atomic E-state index is -1.50. The molecule has 0 aromatic rings. The van der Waals surface area contributed by atoms with Gasteiger partial charge in [0.1, 0.15) is 0 Å². The number of hydrogen-bond acceptors (Lipinski definition) is 1. The van der Waals surface area contributed by atoms with Crippen molar-refractivity contribution in [3.8, 4) is 0 Å². The zero-order valence-electron chi connectivity index (χ0n) is 4.32. The molecule has 0 aliphatic heterocycles. The Bertz CT molecular complexity index is 43.0. The Morgan fingerprint density at radius 3 is 1.43 bits per heavy atom. The van der Waals surface area contributed by atoms with Crippen LogP contribution in [0.15, 0.2) is 0 Å². The summed E-state index contributed by atoms with van der Waals surface area (Å²) in [4.78, 5) is 0. The van der Waals surface area contributed by atoms with E-state index in [9.17, 15) is 8.63 Å². The van der Waals surface area contributed by atoms with E-state index < -0.39 is 11.5 Å². The molecule has 0 atom stereocenters. The van der Waals surface area contributed by atoms with Crippen LogP contribution < -0.4 is 0 Å². The van der Waals surface area contributed by atoms with Crippen molar-refractivity contribution < 1.29 is 13.2 Å². The van der Waals surface area contributed by atoms with Crippen LogP contribution in [0.25, 0.3) is 0 Å². The van der Waals surface area contributed by atoms with Crippen molar-refractivity contribution in [2.75, 3.05) is 0 Å². The molecule has 0 heterocycles. The van der Waals surface area contributed by atoms with Gasteiger partial charge in [-0.25, -0.2) is 0 Å². The van der Waals surface area contributed by atoms with Crippen LogP contribution >= 0.6 is 0 Å². The second-order valence-corrected chi connectivity index (χ2v) is 1.22. The van der Waals surface area contributed by atoms with Gasteiger partial charge in [-0.1, -0.05) is 0 Å². The average Bonchev–Trinajstić information content (AvgIpc) is 1.27. The molecule has 0 aromatic heterocycles. The molecule has 0 amide bonds. The van der Waals surface area contributed by atoms with Gasteiger partial charge in [0, 0.05) is 0 Å². The normalized spacial score (nSPS) is 8.86. The van der Waals surface area contributed by atoms with Crippen molar-refractivity contribution in [1.29, 1.82) is 0 Å². The van der Waals surface area contributed by atoms with E-state index in [0.717, 1.165) is 35.1 Å². The van der Waals surface area contributed by atoms with Crippen molar-refractivity contribution in [1.82, 2.24) is 0 Å². The Labute approximate surface area is 59.9 Å². The zero-order valence-corrected chi connectivity index (χ0v) is 4.32. The van der Waals surface area contributed by atoms with Gasteiger partial charge in [0.25, 0.3) is 0 Å². The Morgan fingerprint density at radius 2 is 1.43 bits per heavy atom. The summed E-state index contributed by atoms with van der Waals surface area (Å²) in [6.07, 6.45) is 0. The predicted octanol–water partition coefficient (Wildman–Crippen LogP) is -0.751. The third-order valence-corrected chi connectivity index (χ3v) is 0.375. The maximum absolute atomic E-state index is 11.5. The molecule has 0 N–H and O–H groups in total. The second kappa shape index (κ2) is 4.07. The Morgan fingerprint density at radius 1 is 1.14 bits per heavy atom. The van der Waals surface area contributed by atoms with E-state index in [-0.39, 0.29) is 0 Å². The van der Waals surface area contributed by atoms with Crippen molar-refractivity contribution in [2.24, 2.45) is 0 Å². The first-order valence-electron chi connectivity index (χ1n) is 2.06. The summed E-state index contributed by atoms with van der Waals surface area (Å²) in [6.45, 7) is 0. The van der Waals surface area contributed by atoms with Crippen molar-refractivity contribution in [3.63, 3.8) is 0 Å². The molecule has 1 nitrogen and oxygen atoms in total. The molecule has 0 rings (SSSR count). The Kier molecular flexibility index (Phi) is 4.73. The van der Waals surface area contributed by atoms with Gasteiger partial charge in [-0.3, -0.25) is 0 Å². The second-order valence-electron chi connectivity index (χ2n) is 1.22. The maximum atomic E-state index is 11.5. The summed E-state index contributed by atoms with van der Waals surface area (Å²) in [6, 6.07) is 0. The molecule has 7 heteroatoms. The standard InChI is InChI=1S/B2F2O.2Li/c3-1-5-2-4;;/q+2;2*-1. The van der Waals surface area contributed by atoms with E-state index in [1.807, 2.05) is 0 Å². The fourth-order valence-electron chi connectivity index (χ4n) is 0.258. The van der Waals surface area contributed by atoms with Gasteiger partial charge in [0.05, 0.1) is 0 Å². The van der Waals surface area contributed by atoms with Gasteiger partial charge in [0.15, 0.2) is 0 Å². The summed E-state index contributed by atoms with van der Waals surface area (Å²) >= 11 is 2.27. The summed E-state index contributed by atoms with van der Waals surface area (Å²) < 4.78 is 26.9. The molecule has 0 radical (unpaired) electrons. The third-order valence-electron chi connectivity index (χ3n) is 0.375. The van der Waals surface area contributed by atoms with E-state index in [1.54, 1.807) is 0 Å². The van der Waals surface area contributed by atoms with Crippen molar-refractivity contribution in [3.05, 3.63) is 0 Å². The van der Waals surface area contributed by atoms with E-state index in [1.165, 1.54) is 0 Å². The fourth-order valence-corrected chi connectivity index (χ4v) is 0.258. The minimum absolute atomic E-state index is 1.14. The topological polar surface area (TPSA) is 9.23 Å². The van der Waals surface area contributed by atoms with Gasteiger partial charge >= 0.3 is 59.8 Å². The van der Waals surface area contributed by atoms with Gasteiger partial charge in [-0.2, -0.15) is 0 Å². The summed E-state index contributed by atoms with van der Waals surface area (Å²) in [7, 11) is 0. The molecule has 0 bridgehead atoms. The zero-order chi connectivity index (χ0) is 5.86. The van der Waals surface area contributed by atoms with Crippen LogP contribution in [0.3, 0.4) is 0 Å². The third kappa shape index (κ3) is 7.14. The molecule has 7 heavy (non-hydrogen) atoms. The van der Waals surface area contributed by atoms with Gasteiger partial charge in [-0.15, -0.1) is 0 Å². The van der Waals surface area contributed by atoms with E-state index in [2.05, 4.69) is 4.57 Å². The first kappa shape index (κ1) is 8.14. The summed E-state index contributed by atoms with van der Waals surface area (Å²) in [5.41, 5.74) is 0. The molecular weight excluding hydrogens is 89.5 g/mol. The van der Waals surface area contributed by atoms with E-state index in [4.69, 9.17) is 0 Å². The molecule has 0 saturated carbocycles. The SMILES string of the molecule is [Li][B](F)O[B]([Li])F. The van der Waals surface area contributed by atoms with Crippen molar-refractivity contribution >= 4 is 46.6 Å². The van der Waals surface area contributed by atoms with Crippen molar-refractivity contribution in [2.45, 2.75) is 0 Å². The molecule has 0 unspecified atom stereocenters.